The lowest BCUT2D eigenvalue weighted by molar-refractivity contribution is -0.184. The molecule has 2 rings (SSSR count). The minimum atomic E-state index is -4.15. The molecule has 19 heavy (non-hydrogen) atoms. The third-order valence-electron chi connectivity index (χ3n) is 4.08. The molecule has 106 valence electrons. The molecule has 1 nitrogen and oxygen atoms in total. The summed E-state index contributed by atoms with van der Waals surface area (Å²) >= 11 is 0. The van der Waals surface area contributed by atoms with Crippen LogP contribution in [0.25, 0.3) is 0 Å². The van der Waals surface area contributed by atoms with Gasteiger partial charge in [0, 0.05) is 5.54 Å². The molecule has 0 atom stereocenters. The first-order chi connectivity index (χ1) is 8.72. The second kappa shape index (κ2) is 4.78. The van der Waals surface area contributed by atoms with Crippen molar-refractivity contribution in [3.05, 3.63) is 35.1 Å². The van der Waals surface area contributed by atoms with Gasteiger partial charge in [-0.1, -0.05) is 6.07 Å². The van der Waals surface area contributed by atoms with Crippen LogP contribution in [0.1, 0.15) is 36.8 Å². The Balaban J connectivity index is 2.20. The second-order valence-corrected chi connectivity index (χ2v) is 5.43. The Morgan fingerprint density at radius 1 is 1.21 bits per heavy atom. The van der Waals surface area contributed by atoms with Gasteiger partial charge in [0.15, 0.2) is 0 Å². The summed E-state index contributed by atoms with van der Waals surface area (Å²) < 4.78 is 51.2. The van der Waals surface area contributed by atoms with Crippen LogP contribution in [-0.2, 0) is 5.54 Å². The van der Waals surface area contributed by atoms with E-state index in [2.05, 4.69) is 0 Å². The van der Waals surface area contributed by atoms with E-state index in [0.717, 1.165) is 5.56 Å². The number of halogens is 4. The molecule has 1 fully saturated rings. The van der Waals surface area contributed by atoms with E-state index < -0.39 is 23.5 Å². The zero-order valence-electron chi connectivity index (χ0n) is 10.7. The van der Waals surface area contributed by atoms with Crippen molar-refractivity contribution < 1.29 is 17.6 Å². The molecule has 0 bridgehead atoms. The van der Waals surface area contributed by atoms with Crippen molar-refractivity contribution in [1.82, 2.24) is 0 Å². The summed E-state index contributed by atoms with van der Waals surface area (Å²) in [6, 6.07) is 4.31. The van der Waals surface area contributed by atoms with Crippen molar-refractivity contribution in [2.75, 3.05) is 0 Å². The van der Waals surface area contributed by atoms with Crippen LogP contribution in [-0.4, -0.2) is 6.18 Å². The summed E-state index contributed by atoms with van der Waals surface area (Å²) in [4.78, 5) is 0. The van der Waals surface area contributed by atoms with E-state index in [1.54, 1.807) is 13.0 Å². The predicted octanol–water partition coefficient (Wildman–Crippen LogP) is 4.04. The van der Waals surface area contributed by atoms with Crippen molar-refractivity contribution in [3.8, 4) is 0 Å². The Kier molecular flexibility index (Phi) is 3.60. The van der Waals surface area contributed by atoms with Gasteiger partial charge in [0.2, 0.25) is 0 Å². The molecule has 1 aliphatic carbocycles. The molecule has 1 aliphatic rings. The normalized spacial score (nSPS) is 28.4. The molecule has 0 amide bonds. The highest BCUT2D eigenvalue weighted by atomic mass is 19.4. The second-order valence-electron chi connectivity index (χ2n) is 5.43. The zero-order valence-corrected chi connectivity index (χ0v) is 10.7. The maximum atomic E-state index is 13.3. The standard InChI is InChI=1S/C14H17F4N/c1-9-2-3-11(15)8-12(9)13(19)6-4-10(5-7-13)14(16,17)18/h2-3,8,10H,4-7,19H2,1H3. The van der Waals surface area contributed by atoms with Gasteiger partial charge in [-0.25, -0.2) is 4.39 Å². The molecule has 0 saturated heterocycles. The first-order valence-electron chi connectivity index (χ1n) is 6.34. The number of alkyl halides is 3. The van der Waals surface area contributed by atoms with Crippen LogP contribution in [0.5, 0.6) is 0 Å². The first-order valence-corrected chi connectivity index (χ1v) is 6.34. The van der Waals surface area contributed by atoms with Crippen molar-refractivity contribution in [3.63, 3.8) is 0 Å². The number of hydrogen-bond acceptors (Lipinski definition) is 1. The van der Waals surface area contributed by atoms with Crippen LogP contribution in [0.15, 0.2) is 18.2 Å². The largest absolute Gasteiger partial charge is 0.391 e. The van der Waals surface area contributed by atoms with Crippen molar-refractivity contribution in [1.29, 1.82) is 0 Å². The highest BCUT2D eigenvalue weighted by Gasteiger charge is 2.45. The van der Waals surface area contributed by atoms with E-state index in [0.29, 0.717) is 5.56 Å². The Hall–Kier alpha value is -1.10. The molecule has 1 aromatic carbocycles. The molecule has 0 radical (unpaired) electrons. The van der Waals surface area contributed by atoms with Crippen molar-refractivity contribution in [2.24, 2.45) is 11.7 Å². The molecule has 5 heteroatoms. The molecule has 0 spiro atoms. The van der Waals surface area contributed by atoms with Crippen molar-refractivity contribution >= 4 is 0 Å². The zero-order chi connectivity index (χ0) is 14.3. The molecule has 1 saturated carbocycles. The summed E-state index contributed by atoms with van der Waals surface area (Å²) in [5.74, 6) is -1.68. The van der Waals surface area contributed by atoms with Gasteiger partial charge >= 0.3 is 6.18 Å². The molecule has 0 unspecified atom stereocenters. The fourth-order valence-corrected chi connectivity index (χ4v) is 2.86. The van der Waals surface area contributed by atoms with Gasteiger partial charge < -0.3 is 5.73 Å². The number of aryl methyl sites for hydroxylation is 1. The Morgan fingerprint density at radius 3 is 2.32 bits per heavy atom. The Bertz CT molecular complexity index is 459. The molecule has 0 aliphatic heterocycles. The van der Waals surface area contributed by atoms with E-state index in [9.17, 15) is 17.6 Å². The highest BCUT2D eigenvalue weighted by Crippen LogP contribution is 2.44. The van der Waals surface area contributed by atoms with Gasteiger partial charge in [0.05, 0.1) is 5.92 Å². The Labute approximate surface area is 109 Å². The maximum Gasteiger partial charge on any atom is 0.391 e. The summed E-state index contributed by atoms with van der Waals surface area (Å²) in [6.07, 6.45) is -3.66. The lowest BCUT2D eigenvalue weighted by Gasteiger charge is -2.39. The molecule has 0 aromatic heterocycles. The smallest absolute Gasteiger partial charge is 0.321 e. The Morgan fingerprint density at radius 2 is 1.79 bits per heavy atom. The van der Waals surface area contributed by atoms with E-state index in [-0.39, 0.29) is 25.7 Å². The monoisotopic (exact) mass is 275 g/mol. The molecule has 1 aromatic rings. The van der Waals surface area contributed by atoms with Gasteiger partial charge in [-0.3, -0.25) is 0 Å². The average molecular weight is 275 g/mol. The molecular formula is C14H17F4N. The summed E-state index contributed by atoms with van der Waals surface area (Å²) in [6.45, 7) is 1.80. The maximum absolute atomic E-state index is 13.3. The first kappa shape index (κ1) is 14.3. The van der Waals surface area contributed by atoms with Crippen LogP contribution in [0, 0.1) is 18.7 Å². The fraction of sp³-hybridized carbons (Fsp3) is 0.571. The van der Waals surface area contributed by atoms with Crippen LogP contribution >= 0.6 is 0 Å². The van der Waals surface area contributed by atoms with Crippen LogP contribution in [0.3, 0.4) is 0 Å². The third kappa shape index (κ3) is 2.91. The average Bonchev–Trinajstić information content (AvgIpc) is 2.31. The van der Waals surface area contributed by atoms with Gasteiger partial charge in [-0.05, 0) is 55.9 Å². The van der Waals surface area contributed by atoms with E-state index in [1.165, 1.54) is 12.1 Å². The lowest BCUT2D eigenvalue weighted by atomic mass is 9.72. The minimum Gasteiger partial charge on any atom is -0.321 e. The summed E-state index contributed by atoms with van der Waals surface area (Å²) in [7, 11) is 0. The SMILES string of the molecule is Cc1ccc(F)cc1C1(N)CCC(C(F)(F)F)CC1. The quantitative estimate of drug-likeness (QED) is 0.769. The summed E-state index contributed by atoms with van der Waals surface area (Å²) in [5.41, 5.74) is 6.84. The third-order valence-corrected chi connectivity index (χ3v) is 4.08. The predicted molar refractivity (Wildman–Crippen MR) is 65.0 cm³/mol. The highest BCUT2D eigenvalue weighted by molar-refractivity contribution is 5.33. The van der Waals surface area contributed by atoms with E-state index >= 15 is 0 Å². The molecule has 2 N–H and O–H groups in total. The fourth-order valence-electron chi connectivity index (χ4n) is 2.86. The van der Waals surface area contributed by atoms with Crippen LogP contribution in [0.2, 0.25) is 0 Å². The topological polar surface area (TPSA) is 26.0 Å². The number of nitrogens with two attached hydrogens (primary N) is 1. The molecule has 0 heterocycles. The van der Waals surface area contributed by atoms with Crippen molar-refractivity contribution in [2.45, 2.75) is 44.3 Å². The number of hydrogen-bond donors (Lipinski definition) is 1. The van der Waals surface area contributed by atoms with Crippen LogP contribution < -0.4 is 5.73 Å². The van der Waals surface area contributed by atoms with E-state index in [4.69, 9.17) is 5.73 Å². The van der Waals surface area contributed by atoms with Gasteiger partial charge in [-0.2, -0.15) is 13.2 Å². The number of benzene rings is 1. The van der Waals surface area contributed by atoms with Gasteiger partial charge in [-0.15, -0.1) is 0 Å². The number of rotatable bonds is 1. The lowest BCUT2D eigenvalue weighted by Crippen LogP contribution is -2.43. The van der Waals surface area contributed by atoms with Gasteiger partial charge in [0.25, 0.3) is 0 Å². The van der Waals surface area contributed by atoms with Gasteiger partial charge in [0.1, 0.15) is 5.82 Å². The molecular weight excluding hydrogens is 258 g/mol. The minimum absolute atomic E-state index is 0.00987. The summed E-state index contributed by atoms with van der Waals surface area (Å²) in [5, 5.41) is 0. The van der Waals surface area contributed by atoms with Crippen LogP contribution in [0.4, 0.5) is 17.6 Å². The van der Waals surface area contributed by atoms with E-state index in [1.807, 2.05) is 0 Å².